The minimum atomic E-state index is -4.57. The molecule has 4 rings (SSSR count). The van der Waals surface area contributed by atoms with Crippen molar-refractivity contribution in [3.63, 3.8) is 0 Å². The molecule has 2 N–H and O–H groups in total. The summed E-state index contributed by atoms with van der Waals surface area (Å²) in [6.45, 7) is 0. The van der Waals surface area contributed by atoms with Crippen molar-refractivity contribution in [3.05, 3.63) is 61.4 Å². The van der Waals surface area contributed by atoms with Crippen LogP contribution in [-0.2, 0) is 0 Å². The number of fused-ring (bicyclic) bond motifs is 1. The van der Waals surface area contributed by atoms with Crippen LogP contribution in [0.15, 0.2) is 35.7 Å². The predicted octanol–water partition coefficient (Wildman–Crippen LogP) is 6.82. The van der Waals surface area contributed by atoms with Gasteiger partial charge in [0.25, 0.3) is 5.91 Å². The van der Waals surface area contributed by atoms with Crippen LogP contribution < -0.4 is 10.6 Å². The first kappa shape index (κ1) is 21.3. The third-order valence-electron chi connectivity index (χ3n) is 4.58. The summed E-state index contributed by atoms with van der Waals surface area (Å²) in [5, 5.41) is 11.5. The zero-order valence-electron chi connectivity index (χ0n) is 14.8. The van der Waals surface area contributed by atoms with Crippen LogP contribution in [0.2, 0.25) is 15.1 Å². The number of benzene rings is 1. The van der Waals surface area contributed by atoms with Gasteiger partial charge in [-0.3, -0.25) is 4.79 Å². The predicted molar refractivity (Wildman–Crippen MR) is 112 cm³/mol. The van der Waals surface area contributed by atoms with E-state index in [1.807, 2.05) is 0 Å². The Bertz CT molecular complexity index is 1100. The van der Waals surface area contributed by atoms with Gasteiger partial charge >= 0.3 is 6.18 Å². The number of nitrogens with one attached hydrogen (secondary N) is 2. The number of hydrogen-bond acceptors (Lipinski definition) is 4. The molecule has 0 spiro atoms. The fraction of sp³-hybridized carbons (Fsp3) is 0.222. The molecule has 0 aliphatic carbocycles. The summed E-state index contributed by atoms with van der Waals surface area (Å²) >= 11 is 19.5. The van der Waals surface area contributed by atoms with Crippen LogP contribution in [-0.4, -0.2) is 21.9 Å². The fourth-order valence-corrected chi connectivity index (χ4v) is 4.69. The zero-order chi connectivity index (χ0) is 21.6. The molecule has 0 bridgehead atoms. The second kappa shape index (κ2) is 7.96. The van der Waals surface area contributed by atoms with Crippen molar-refractivity contribution in [2.24, 2.45) is 0 Å². The van der Waals surface area contributed by atoms with E-state index in [1.165, 1.54) is 29.5 Å². The van der Waals surface area contributed by atoms with Crippen molar-refractivity contribution in [1.82, 2.24) is 9.78 Å². The topological polar surface area (TPSA) is 59.0 Å². The van der Waals surface area contributed by atoms with E-state index < -0.39 is 24.2 Å². The van der Waals surface area contributed by atoms with Gasteiger partial charge in [0.2, 0.25) is 0 Å². The van der Waals surface area contributed by atoms with Crippen molar-refractivity contribution >= 4 is 63.6 Å². The molecule has 0 saturated heterocycles. The summed E-state index contributed by atoms with van der Waals surface area (Å²) in [6.07, 6.45) is -4.85. The second-order valence-corrected chi connectivity index (χ2v) is 8.74. The van der Waals surface area contributed by atoms with Gasteiger partial charge in [-0.1, -0.05) is 40.9 Å². The first-order valence-electron chi connectivity index (χ1n) is 8.56. The number of halogens is 6. The van der Waals surface area contributed by atoms with Gasteiger partial charge in [-0.05, 0) is 29.6 Å². The summed E-state index contributed by atoms with van der Waals surface area (Å²) in [6, 6.07) is 5.36. The molecule has 1 aliphatic heterocycles. The Morgan fingerprint density at radius 3 is 2.67 bits per heavy atom. The molecule has 0 saturated carbocycles. The van der Waals surface area contributed by atoms with Crippen LogP contribution in [0.4, 0.5) is 24.7 Å². The maximum Gasteiger partial charge on any atom is 0.410 e. The number of carbonyl (C=O) groups excluding carboxylic acids is 1. The Hall–Kier alpha value is -1.94. The van der Waals surface area contributed by atoms with Gasteiger partial charge in [-0.15, -0.1) is 11.3 Å². The number of carbonyl (C=O) groups is 1. The lowest BCUT2D eigenvalue weighted by atomic mass is 10.0. The van der Waals surface area contributed by atoms with Crippen LogP contribution in [0.5, 0.6) is 0 Å². The van der Waals surface area contributed by atoms with Crippen molar-refractivity contribution in [2.45, 2.75) is 24.7 Å². The molecule has 0 fully saturated rings. The largest absolute Gasteiger partial charge is 0.410 e. The van der Waals surface area contributed by atoms with Gasteiger partial charge in [0.1, 0.15) is 10.8 Å². The van der Waals surface area contributed by atoms with Crippen molar-refractivity contribution in [1.29, 1.82) is 0 Å². The molecular weight excluding hydrogens is 484 g/mol. The number of nitrogens with zero attached hydrogens (tertiary/aromatic N) is 2. The highest BCUT2D eigenvalue weighted by atomic mass is 35.5. The van der Waals surface area contributed by atoms with Gasteiger partial charge in [-0.25, -0.2) is 4.68 Å². The van der Waals surface area contributed by atoms with E-state index >= 15 is 0 Å². The average Bonchev–Trinajstić information content (AvgIpc) is 3.31. The van der Waals surface area contributed by atoms with Gasteiger partial charge < -0.3 is 10.6 Å². The van der Waals surface area contributed by atoms with E-state index in [2.05, 4.69) is 15.7 Å². The van der Waals surface area contributed by atoms with E-state index in [0.29, 0.717) is 5.02 Å². The fourth-order valence-electron chi connectivity index (χ4n) is 3.18. The van der Waals surface area contributed by atoms with Crippen molar-refractivity contribution < 1.29 is 18.0 Å². The summed E-state index contributed by atoms with van der Waals surface area (Å²) in [5.74, 6) is -0.850. The molecule has 2 atom stereocenters. The molecule has 0 radical (unpaired) electrons. The molecule has 158 valence electrons. The Labute approximate surface area is 187 Å². The van der Waals surface area contributed by atoms with E-state index in [4.69, 9.17) is 34.8 Å². The molecule has 1 amide bonds. The molecule has 2 aromatic heterocycles. The first-order valence-corrected chi connectivity index (χ1v) is 10.6. The summed E-state index contributed by atoms with van der Waals surface area (Å²) < 4.78 is 42.0. The molecular formula is C18H12Cl3F3N4OS. The Morgan fingerprint density at radius 1 is 1.27 bits per heavy atom. The van der Waals surface area contributed by atoms with Gasteiger partial charge in [0, 0.05) is 16.3 Å². The van der Waals surface area contributed by atoms with Gasteiger partial charge in [0.05, 0.1) is 16.8 Å². The monoisotopic (exact) mass is 494 g/mol. The third-order valence-corrected chi connectivity index (χ3v) is 6.47. The van der Waals surface area contributed by atoms with E-state index in [-0.39, 0.29) is 33.7 Å². The maximum absolute atomic E-state index is 13.8. The van der Waals surface area contributed by atoms with E-state index in [0.717, 1.165) is 9.56 Å². The number of alkyl halides is 3. The highest BCUT2D eigenvalue weighted by Gasteiger charge is 2.48. The molecule has 1 aromatic carbocycles. The number of aromatic nitrogens is 2. The summed E-state index contributed by atoms with van der Waals surface area (Å²) in [5.41, 5.74) is -0.115. The minimum Gasteiger partial charge on any atom is -0.361 e. The van der Waals surface area contributed by atoms with Crippen molar-refractivity contribution in [3.8, 4) is 0 Å². The molecule has 5 nitrogen and oxygen atoms in total. The quantitative estimate of drug-likeness (QED) is 0.419. The van der Waals surface area contributed by atoms with Crippen molar-refractivity contribution in [2.75, 3.05) is 10.6 Å². The standard InChI is InChI=1S/C18H12Cl3F3N4OS/c19-8-3-4-10(9(20)6-8)26-17(29)15-14(21)16-25-11(12-2-1-5-30-12)7-13(18(22,23)24)28(16)27-15/h1-6,11,13,25H,7H2,(H,26,29)/t11-,13-/m1/s1. The lowest BCUT2D eigenvalue weighted by Gasteiger charge is -2.32. The third kappa shape index (κ3) is 3.99. The SMILES string of the molecule is O=C(Nc1ccc(Cl)cc1Cl)c1nn2c(c1Cl)N[C@@H](c1cccs1)C[C@@H]2C(F)(F)F. The number of rotatable bonds is 3. The molecule has 3 heterocycles. The van der Waals surface area contributed by atoms with Crippen LogP contribution in [0.25, 0.3) is 0 Å². The molecule has 3 aromatic rings. The Morgan fingerprint density at radius 2 is 2.03 bits per heavy atom. The maximum atomic E-state index is 13.8. The highest BCUT2D eigenvalue weighted by Crippen LogP contribution is 2.47. The second-order valence-electron chi connectivity index (χ2n) is 6.54. The van der Waals surface area contributed by atoms with E-state index in [1.54, 1.807) is 17.5 Å². The van der Waals surface area contributed by atoms with Gasteiger partial charge in [0.15, 0.2) is 11.7 Å². The number of hydrogen-bond donors (Lipinski definition) is 2. The minimum absolute atomic E-state index is 0.0593. The molecule has 30 heavy (non-hydrogen) atoms. The number of anilines is 2. The lowest BCUT2D eigenvalue weighted by Crippen LogP contribution is -2.35. The normalized spacial score (nSPS) is 18.6. The number of amides is 1. The summed E-state index contributed by atoms with van der Waals surface area (Å²) in [7, 11) is 0. The van der Waals surface area contributed by atoms with Crippen LogP contribution >= 0.6 is 46.1 Å². The molecule has 0 unspecified atom stereocenters. The average molecular weight is 496 g/mol. The highest BCUT2D eigenvalue weighted by molar-refractivity contribution is 7.10. The smallest absolute Gasteiger partial charge is 0.361 e. The summed E-state index contributed by atoms with van der Waals surface area (Å²) in [4.78, 5) is 13.4. The molecule has 12 heteroatoms. The van der Waals surface area contributed by atoms with E-state index in [9.17, 15) is 18.0 Å². The first-order chi connectivity index (χ1) is 14.1. The lowest BCUT2D eigenvalue weighted by molar-refractivity contribution is -0.173. The van der Waals surface area contributed by atoms with Gasteiger partial charge in [-0.2, -0.15) is 18.3 Å². The Kier molecular flexibility index (Phi) is 5.65. The van der Waals surface area contributed by atoms with Crippen LogP contribution in [0.3, 0.4) is 0 Å². The Balaban J connectivity index is 1.70. The zero-order valence-corrected chi connectivity index (χ0v) is 17.9. The molecule has 1 aliphatic rings. The van der Waals surface area contributed by atoms with Crippen LogP contribution in [0, 0.1) is 0 Å². The van der Waals surface area contributed by atoms with Crippen LogP contribution in [0.1, 0.15) is 33.9 Å². The number of thiophene rings is 1.